The number of nitrogens with one attached hydrogen (secondary N) is 1. The maximum Gasteiger partial charge on any atom is 0.247 e. The molecule has 0 fully saturated rings. The Kier molecular flexibility index (Phi) is 6.36. The molecular formula is C19H24N2O3S2. The molecule has 0 aliphatic carbocycles. The van der Waals surface area contributed by atoms with Crippen molar-refractivity contribution >= 4 is 39.1 Å². The molecule has 0 unspecified atom stereocenters. The monoisotopic (exact) mass is 392 g/mol. The van der Waals surface area contributed by atoms with Crippen LogP contribution in [0.15, 0.2) is 47.4 Å². The Morgan fingerprint density at radius 3 is 2.38 bits per heavy atom. The van der Waals surface area contributed by atoms with Gasteiger partial charge in [0.1, 0.15) is 6.04 Å². The third-order valence-corrected chi connectivity index (χ3v) is 6.14. The van der Waals surface area contributed by atoms with Gasteiger partial charge in [-0.2, -0.15) is 0 Å². The molecule has 0 aromatic heterocycles. The minimum absolute atomic E-state index is 0.382. The number of aryl methyl sites for hydroxylation is 2. The van der Waals surface area contributed by atoms with E-state index in [9.17, 15) is 13.2 Å². The van der Waals surface area contributed by atoms with E-state index in [1.165, 1.54) is 0 Å². The van der Waals surface area contributed by atoms with Gasteiger partial charge in [0.2, 0.25) is 15.9 Å². The summed E-state index contributed by atoms with van der Waals surface area (Å²) in [5.74, 6) is -0.382. The molecule has 5 nitrogen and oxygen atoms in total. The highest BCUT2D eigenvalue weighted by atomic mass is 32.2. The molecular weight excluding hydrogens is 368 g/mol. The predicted molar refractivity (Wildman–Crippen MR) is 110 cm³/mol. The molecule has 7 heteroatoms. The largest absolute Gasteiger partial charge is 0.324 e. The second-order valence-electron chi connectivity index (χ2n) is 6.22. The molecule has 0 spiro atoms. The van der Waals surface area contributed by atoms with E-state index in [-0.39, 0.29) is 5.91 Å². The average Bonchev–Trinajstić information content (AvgIpc) is 2.57. The Labute approximate surface area is 159 Å². The maximum atomic E-state index is 12.7. The van der Waals surface area contributed by atoms with Gasteiger partial charge >= 0.3 is 0 Å². The van der Waals surface area contributed by atoms with Crippen molar-refractivity contribution in [3.8, 4) is 0 Å². The fourth-order valence-corrected chi connectivity index (χ4v) is 4.25. The van der Waals surface area contributed by atoms with E-state index in [1.54, 1.807) is 36.9 Å². The lowest BCUT2D eigenvalue weighted by atomic mass is 10.1. The van der Waals surface area contributed by atoms with E-state index >= 15 is 0 Å². The highest BCUT2D eigenvalue weighted by Crippen LogP contribution is 2.25. The lowest BCUT2D eigenvalue weighted by molar-refractivity contribution is -0.116. The number of hydrogen-bond acceptors (Lipinski definition) is 4. The Morgan fingerprint density at radius 2 is 1.81 bits per heavy atom. The molecule has 0 saturated heterocycles. The highest BCUT2D eigenvalue weighted by molar-refractivity contribution is 7.98. The fourth-order valence-electron chi connectivity index (χ4n) is 2.62. The summed E-state index contributed by atoms with van der Waals surface area (Å²) in [5.41, 5.74) is 3.16. The highest BCUT2D eigenvalue weighted by Gasteiger charge is 2.29. The van der Waals surface area contributed by atoms with Gasteiger partial charge in [0, 0.05) is 10.6 Å². The SMILES string of the molecule is CSc1cccc(NC(=O)[C@@H](C)N(c2ccc(C)c(C)c2)S(C)(=O)=O)c1. The first-order valence-electron chi connectivity index (χ1n) is 8.15. The van der Waals surface area contributed by atoms with E-state index in [2.05, 4.69) is 5.32 Å². The quantitative estimate of drug-likeness (QED) is 0.759. The number of nitrogens with zero attached hydrogens (tertiary/aromatic N) is 1. The number of benzene rings is 2. The summed E-state index contributed by atoms with van der Waals surface area (Å²) in [6, 6.07) is 11.9. The van der Waals surface area contributed by atoms with Crippen LogP contribution in [0.2, 0.25) is 0 Å². The van der Waals surface area contributed by atoms with Crippen molar-refractivity contribution in [1.29, 1.82) is 0 Å². The van der Waals surface area contributed by atoms with Crippen molar-refractivity contribution < 1.29 is 13.2 Å². The Morgan fingerprint density at radius 1 is 1.12 bits per heavy atom. The Bertz CT molecular complexity index is 911. The van der Waals surface area contributed by atoms with E-state index < -0.39 is 16.1 Å². The molecule has 0 aliphatic heterocycles. The van der Waals surface area contributed by atoms with Crippen LogP contribution < -0.4 is 9.62 Å². The first-order valence-corrected chi connectivity index (χ1v) is 11.2. The van der Waals surface area contributed by atoms with Gasteiger partial charge in [-0.1, -0.05) is 12.1 Å². The Hall–Kier alpha value is -1.99. The number of thioether (sulfide) groups is 1. The molecule has 0 bridgehead atoms. The third kappa shape index (κ3) is 4.80. The summed E-state index contributed by atoms with van der Waals surface area (Å²) in [5, 5.41) is 2.81. The lowest BCUT2D eigenvalue weighted by Crippen LogP contribution is -2.45. The zero-order valence-corrected chi connectivity index (χ0v) is 17.2. The molecule has 1 N–H and O–H groups in total. The molecule has 140 valence electrons. The average molecular weight is 393 g/mol. The molecule has 2 aromatic carbocycles. The second-order valence-corrected chi connectivity index (χ2v) is 8.96. The van der Waals surface area contributed by atoms with Crippen molar-refractivity contribution in [3.05, 3.63) is 53.6 Å². The first kappa shape index (κ1) is 20.3. The normalized spacial score (nSPS) is 12.5. The van der Waals surface area contributed by atoms with Crippen molar-refractivity contribution in [2.75, 3.05) is 22.1 Å². The molecule has 1 atom stereocenters. The van der Waals surface area contributed by atoms with Gasteiger partial charge in [0.25, 0.3) is 0 Å². The van der Waals surface area contributed by atoms with Gasteiger partial charge in [-0.15, -0.1) is 11.8 Å². The Balaban J connectivity index is 2.32. The summed E-state index contributed by atoms with van der Waals surface area (Å²) in [7, 11) is -3.63. The molecule has 0 heterocycles. The van der Waals surface area contributed by atoms with E-state index in [0.717, 1.165) is 26.6 Å². The van der Waals surface area contributed by atoms with Crippen molar-refractivity contribution in [1.82, 2.24) is 0 Å². The minimum atomic E-state index is -3.63. The van der Waals surface area contributed by atoms with Crippen LogP contribution in [0.3, 0.4) is 0 Å². The number of hydrogen-bond donors (Lipinski definition) is 1. The summed E-state index contributed by atoms with van der Waals surface area (Å²) in [6.45, 7) is 5.46. The van der Waals surface area contributed by atoms with Crippen LogP contribution in [-0.2, 0) is 14.8 Å². The van der Waals surface area contributed by atoms with Gasteiger partial charge in [-0.05, 0) is 68.5 Å². The van der Waals surface area contributed by atoms with Crippen LogP contribution in [0.1, 0.15) is 18.1 Å². The predicted octanol–water partition coefficient (Wildman–Crippen LogP) is 3.82. The minimum Gasteiger partial charge on any atom is -0.324 e. The van der Waals surface area contributed by atoms with E-state index in [1.807, 2.05) is 44.4 Å². The van der Waals surface area contributed by atoms with E-state index in [4.69, 9.17) is 0 Å². The van der Waals surface area contributed by atoms with Gasteiger partial charge in [0.05, 0.1) is 11.9 Å². The number of amides is 1. The standard InChI is InChI=1S/C19H24N2O3S2/c1-13-9-10-17(11-14(13)2)21(26(5,23)24)15(3)19(22)20-16-7-6-8-18(12-16)25-4/h6-12,15H,1-5H3,(H,20,22)/t15-/m1/s1. The molecule has 2 aromatic rings. The molecule has 1 amide bonds. The van der Waals surface area contributed by atoms with Crippen molar-refractivity contribution in [3.63, 3.8) is 0 Å². The number of anilines is 2. The zero-order valence-electron chi connectivity index (χ0n) is 15.6. The third-order valence-electron chi connectivity index (χ3n) is 4.17. The number of sulfonamides is 1. The topological polar surface area (TPSA) is 66.5 Å². The number of carbonyl (C=O) groups excluding carboxylic acids is 1. The molecule has 0 saturated carbocycles. The van der Waals surface area contributed by atoms with Crippen LogP contribution in [0.25, 0.3) is 0 Å². The molecule has 2 rings (SSSR count). The number of rotatable bonds is 6. The van der Waals surface area contributed by atoms with Crippen molar-refractivity contribution in [2.45, 2.75) is 31.7 Å². The molecule has 26 heavy (non-hydrogen) atoms. The van der Waals surface area contributed by atoms with Crippen LogP contribution >= 0.6 is 11.8 Å². The van der Waals surface area contributed by atoms with Crippen LogP contribution in [0, 0.1) is 13.8 Å². The summed E-state index contributed by atoms with van der Waals surface area (Å²) < 4.78 is 25.9. The number of carbonyl (C=O) groups is 1. The summed E-state index contributed by atoms with van der Waals surface area (Å²) in [6.07, 6.45) is 3.06. The van der Waals surface area contributed by atoms with Crippen LogP contribution in [0.4, 0.5) is 11.4 Å². The van der Waals surface area contributed by atoms with Crippen molar-refractivity contribution in [2.24, 2.45) is 0 Å². The second kappa shape index (κ2) is 8.14. The zero-order chi connectivity index (χ0) is 19.5. The molecule has 0 aliphatic rings. The summed E-state index contributed by atoms with van der Waals surface area (Å²) in [4.78, 5) is 13.7. The van der Waals surface area contributed by atoms with Gasteiger partial charge in [-0.3, -0.25) is 9.10 Å². The van der Waals surface area contributed by atoms with Gasteiger partial charge < -0.3 is 5.32 Å². The van der Waals surface area contributed by atoms with Gasteiger partial charge in [-0.25, -0.2) is 8.42 Å². The lowest BCUT2D eigenvalue weighted by Gasteiger charge is -2.28. The van der Waals surface area contributed by atoms with Crippen LogP contribution in [0.5, 0.6) is 0 Å². The van der Waals surface area contributed by atoms with Crippen LogP contribution in [-0.4, -0.2) is 32.9 Å². The van der Waals surface area contributed by atoms with Gasteiger partial charge in [0.15, 0.2) is 0 Å². The van der Waals surface area contributed by atoms with E-state index in [0.29, 0.717) is 11.4 Å². The summed E-state index contributed by atoms with van der Waals surface area (Å²) >= 11 is 1.57. The first-order chi connectivity index (χ1) is 12.1. The maximum absolute atomic E-state index is 12.7. The smallest absolute Gasteiger partial charge is 0.247 e. The fraction of sp³-hybridized carbons (Fsp3) is 0.316. The molecule has 0 radical (unpaired) electrons.